The topological polar surface area (TPSA) is 43.8 Å². The Hall–Kier alpha value is -0.830. The van der Waals surface area contributed by atoms with Gasteiger partial charge in [-0.3, -0.25) is 0 Å². The predicted molar refractivity (Wildman–Crippen MR) is 70.6 cm³/mol. The van der Waals surface area contributed by atoms with Crippen molar-refractivity contribution in [3.8, 4) is 0 Å². The lowest BCUT2D eigenvalue weighted by molar-refractivity contribution is 0.119. The number of rotatable bonds is 3. The van der Waals surface area contributed by atoms with Gasteiger partial charge < -0.3 is 10.3 Å². The van der Waals surface area contributed by atoms with E-state index in [1.165, 1.54) is 25.1 Å². The lowest BCUT2D eigenvalue weighted by Gasteiger charge is -2.40. The van der Waals surface area contributed by atoms with Crippen molar-refractivity contribution >= 4 is 0 Å². The number of aryl methyl sites for hydroxylation is 1. The Balaban J connectivity index is 2.08. The quantitative estimate of drug-likeness (QED) is 0.874. The third-order valence-electron chi connectivity index (χ3n) is 4.34. The summed E-state index contributed by atoms with van der Waals surface area (Å²) in [6, 6.07) is 0. The lowest BCUT2D eigenvalue weighted by Crippen LogP contribution is -2.35. The van der Waals surface area contributed by atoms with Crippen molar-refractivity contribution in [3.05, 3.63) is 18.2 Å². The molecule has 1 heterocycles. The van der Waals surface area contributed by atoms with Gasteiger partial charge in [0.2, 0.25) is 0 Å². The SMILES string of the molecule is Cn1ccnc1CC1CC(C)(C)CCC1CN. The second-order valence-electron chi connectivity index (χ2n) is 6.32. The van der Waals surface area contributed by atoms with Crippen LogP contribution in [0.1, 0.15) is 38.9 Å². The molecule has 0 spiro atoms. The van der Waals surface area contributed by atoms with Crippen molar-refractivity contribution in [2.45, 2.75) is 39.5 Å². The molecule has 96 valence electrons. The molecule has 0 amide bonds. The van der Waals surface area contributed by atoms with Gasteiger partial charge in [-0.2, -0.15) is 0 Å². The zero-order valence-corrected chi connectivity index (χ0v) is 11.3. The molecule has 1 saturated carbocycles. The molecule has 2 N–H and O–H groups in total. The highest BCUT2D eigenvalue weighted by Crippen LogP contribution is 2.42. The maximum absolute atomic E-state index is 5.92. The fraction of sp³-hybridized carbons (Fsp3) is 0.786. The summed E-state index contributed by atoms with van der Waals surface area (Å²) in [5, 5.41) is 0. The molecule has 0 aliphatic heterocycles. The van der Waals surface area contributed by atoms with E-state index in [9.17, 15) is 0 Å². The molecule has 2 rings (SSSR count). The maximum Gasteiger partial charge on any atom is 0.108 e. The number of imidazole rings is 1. The first kappa shape index (κ1) is 12.6. The summed E-state index contributed by atoms with van der Waals surface area (Å²) in [4.78, 5) is 4.45. The van der Waals surface area contributed by atoms with Gasteiger partial charge in [0.05, 0.1) is 0 Å². The minimum atomic E-state index is 0.474. The van der Waals surface area contributed by atoms with Crippen molar-refractivity contribution in [2.75, 3.05) is 6.54 Å². The van der Waals surface area contributed by atoms with E-state index in [1.54, 1.807) is 0 Å². The van der Waals surface area contributed by atoms with Crippen molar-refractivity contribution in [1.29, 1.82) is 0 Å². The first-order valence-electron chi connectivity index (χ1n) is 6.68. The molecular formula is C14H25N3. The van der Waals surface area contributed by atoms with Crippen molar-refractivity contribution in [2.24, 2.45) is 30.0 Å². The van der Waals surface area contributed by atoms with Gasteiger partial charge >= 0.3 is 0 Å². The van der Waals surface area contributed by atoms with Crippen LogP contribution >= 0.6 is 0 Å². The van der Waals surface area contributed by atoms with E-state index in [2.05, 4.69) is 30.4 Å². The molecule has 1 aromatic heterocycles. The van der Waals surface area contributed by atoms with E-state index in [0.717, 1.165) is 13.0 Å². The van der Waals surface area contributed by atoms with Crippen LogP contribution in [0, 0.1) is 17.3 Å². The van der Waals surface area contributed by atoms with Crippen molar-refractivity contribution < 1.29 is 0 Å². The molecule has 0 bridgehead atoms. The van der Waals surface area contributed by atoms with Crippen LogP contribution in [0.25, 0.3) is 0 Å². The summed E-state index contributed by atoms with van der Waals surface area (Å²) in [6.07, 6.45) is 8.86. The standard InChI is InChI=1S/C14H25N3/c1-14(2)5-4-11(10-15)12(9-14)8-13-16-6-7-17(13)3/h6-7,11-12H,4-5,8-10,15H2,1-3H3. The Kier molecular flexibility index (Phi) is 3.57. The van der Waals surface area contributed by atoms with Crippen LogP contribution in [0.15, 0.2) is 12.4 Å². The lowest BCUT2D eigenvalue weighted by atomic mass is 9.66. The average molecular weight is 235 g/mol. The molecule has 1 aliphatic rings. The first-order chi connectivity index (χ1) is 8.02. The second-order valence-corrected chi connectivity index (χ2v) is 6.32. The molecule has 17 heavy (non-hydrogen) atoms. The Bertz CT molecular complexity index is 367. The number of nitrogens with zero attached hydrogens (tertiary/aromatic N) is 2. The largest absolute Gasteiger partial charge is 0.338 e. The molecule has 0 radical (unpaired) electrons. The summed E-state index contributed by atoms with van der Waals surface area (Å²) >= 11 is 0. The molecule has 1 fully saturated rings. The van der Waals surface area contributed by atoms with Gasteiger partial charge in [-0.15, -0.1) is 0 Å². The van der Waals surface area contributed by atoms with Crippen LogP contribution < -0.4 is 5.73 Å². The summed E-state index contributed by atoms with van der Waals surface area (Å²) in [5.74, 6) is 2.58. The van der Waals surface area contributed by atoms with Crippen LogP contribution in [0.4, 0.5) is 0 Å². The van der Waals surface area contributed by atoms with E-state index in [4.69, 9.17) is 5.73 Å². The fourth-order valence-corrected chi connectivity index (χ4v) is 3.17. The zero-order chi connectivity index (χ0) is 12.5. The average Bonchev–Trinajstić information content (AvgIpc) is 2.64. The number of aromatic nitrogens is 2. The van der Waals surface area contributed by atoms with Crippen LogP contribution in [0.3, 0.4) is 0 Å². The molecule has 3 nitrogen and oxygen atoms in total. The van der Waals surface area contributed by atoms with Crippen molar-refractivity contribution in [3.63, 3.8) is 0 Å². The smallest absolute Gasteiger partial charge is 0.108 e. The van der Waals surface area contributed by atoms with Gasteiger partial charge in [0.1, 0.15) is 5.82 Å². The summed E-state index contributed by atoms with van der Waals surface area (Å²) < 4.78 is 2.13. The molecule has 0 aromatic carbocycles. The van der Waals surface area contributed by atoms with Gasteiger partial charge in [-0.05, 0) is 43.1 Å². The highest BCUT2D eigenvalue weighted by atomic mass is 15.0. The Labute approximate surface area is 104 Å². The minimum Gasteiger partial charge on any atom is -0.338 e. The van der Waals surface area contributed by atoms with Crippen LogP contribution in [-0.4, -0.2) is 16.1 Å². The van der Waals surface area contributed by atoms with Crippen LogP contribution in [-0.2, 0) is 13.5 Å². The normalized spacial score (nSPS) is 28.2. The summed E-state index contributed by atoms with van der Waals surface area (Å²) in [6.45, 7) is 5.58. The summed E-state index contributed by atoms with van der Waals surface area (Å²) in [7, 11) is 2.08. The molecule has 1 aliphatic carbocycles. The van der Waals surface area contributed by atoms with Crippen LogP contribution in [0.5, 0.6) is 0 Å². The van der Waals surface area contributed by atoms with Gasteiger partial charge in [-0.25, -0.2) is 4.98 Å². The first-order valence-corrected chi connectivity index (χ1v) is 6.68. The van der Waals surface area contributed by atoms with E-state index in [0.29, 0.717) is 17.3 Å². The Morgan fingerprint density at radius 3 is 2.82 bits per heavy atom. The number of nitrogens with two attached hydrogens (primary N) is 1. The van der Waals surface area contributed by atoms with Gasteiger partial charge in [0, 0.05) is 25.9 Å². The molecule has 2 atom stereocenters. The van der Waals surface area contributed by atoms with E-state index in [1.807, 2.05) is 12.4 Å². The molecule has 2 unspecified atom stereocenters. The Morgan fingerprint density at radius 2 is 2.24 bits per heavy atom. The molecular weight excluding hydrogens is 210 g/mol. The number of hydrogen-bond donors (Lipinski definition) is 1. The number of hydrogen-bond acceptors (Lipinski definition) is 2. The summed E-state index contributed by atoms with van der Waals surface area (Å²) in [5.41, 5.74) is 6.40. The fourth-order valence-electron chi connectivity index (χ4n) is 3.17. The Morgan fingerprint density at radius 1 is 1.47 bits per heavy atom. The monoisotopic (exact) mass is 235 g/mol. The maximum atomic E-state index is 5.92. The van der Waals surface area contributed by atoms with Gasteiger partial charge in [-0.1, -0.05) is 13.8 Å². The highest BCUT2D eigenvalue weighted by Gasteiger charge is 2.34. The second kappa shape index (κ2) is 4.81. The minimum absolute atomic E-state index is 0.474. The molecule has 1 aromatic rings. The third kappa shape index (κ3) is 2.89. The van der Waals surface area contributed by atoms with Crippen molar-refractivity contribution in [1.82, 2.24) is 9.55 Å². The van der Waals surface area contributed by atoms with E-state index >= 15 is 0 Å². The van der Waals surface area contributed by atoms with Gasteiger partial charge in [0.25, 0.3) is 0 Å². The van der Waals surface area contributed by atoms with Gasteiger partial charge in [0.15, 0.2) is 0 Å². The van der Waals surface area contributed by atoms with E-state index < -0.39 is 0 Å². The van der Waals surface area contributed by atoms with E-state index in [-0.39, 0.29) is 0 Å². The molecule has 3 heteroatoms. The predicted octanol–water partition coefficient (Wildman–Crippen LogP) is 2.36. The van der Waals surface area contributed by atoms with Crippen LogP contribution in [0.2, 0.25) is 0 Å². The highest BCUT2D eigenvalue weighted by molar-refractivity contribution is 4.96. The zero-order valence-electron chi connectivity index (χ0n) is 11.3. The third-order valence-corrected chi connectivity index (χ3v) is 4.34. The molecule has 0 saturated heterocycles.